The molecule has 0 aliphatic carbocycles. The van der Waals surface area contributed by atoms with Crippen molar-refractivity contribution in [3.63, 3.8) is 0 Å². The van der Waals surface area contributed by atoms with Crippen molar-refractivity contribution < 1.29 is 33.6 Å². The molecule has 0 aromatic heterocycles. The number of para-hydroxylation sites is 3. The minimum absolute atomic E-state index is 0.173. The molecule has 0 fully saturated rings. The number of carbonyl (C=O) groups excluding carboxylic acids is 2. The highest BCUT2D eigenvalue weighted by atomic mass is 16.6. The van der Waals surface area contributed by atoms with Gasteiger partial charge in [-0.25, -0.2) is 0 Å². The third-order valence-corrected chi connectivity index (χ3v) is 6.16. The SMILES string of the molecule is COc1ccccc1OCCN1C(=O)[C@](O)(CC(=O)c2ccc3c(c2)OCCO3)c2ccccc21. The number of anilines is 1. The quantitative estimate of drug-likeness (QED) is 0.499. The van der Waals surface area contributed by atoms with Gasteiger partial charge in [-0.2, -0.15) is 0 Å². The average molecular weight is 475 g/mol. The Bertz CT molecular complexity index is 1270. The summed E-state index contributed by atoms with van der Waals surface area (Å²) in [5, 5.41) is 11.5. The lowest BCUT2D eigenvalue weighted by Crippen LogP contribution is -2.43. The molecule has 8 heteroatoms. The van der Waals surface area contributed by atoms with Crippen molar-refractivity contribution in [1.82, 2.24) is 0 Å². The Morgan fingerprint density at radius 1 is 1.00 bits per heavy atom. The number of hydrogen-bond acceptors (Lipinski definition) is 7. The minimum atomic E-state index is -1.98. The number of benzene rings is 3. The summed E-state index contributed by atoms with van der Waals surface area (Å²) >= 11 is 0. The molecule has 35 heavy (non-hydrogen) atoms. The van der Waals surface area contributed by atoms with Gasteiger partial charge in [-0.1, -0.05) is 30.3 Å². The molecule has 3 aromatic carbocycles. The van der Waals surface area contributed by atoms with Crippen molar-refractivity contribution in [3.05, 3.63) is 77.9 Å². The second kappa shape index (κ2) is 9.31. The van der Waals surface area contributed by atoms with E-state index in [0.717, 1.165) is 0 Å². The fourth-order valence-corrected chi connectivity index (χ4v) is 4.44. The first-order chi connectivity index (χ1) is 17.0. The molecule has 1 atom stereocenters. The Kier molecular flexibility index (Phi) is 6.05. The van der Waals surface area contributed by atoms with Gasteiger partial charge in [-0.15, -0.1) is 0 Å². The number of carbonyl (C=O) groups is 2. The molecule has 2 heterocycles. The standard InChI is InChI=1S/C27H25NO7/c1-32-22-8-4-5-9-23(22)33-13-12-28-20-7-3-2-6-19(20)27(31,26(28)30)17-21(29)18-10-11-24-25(16-18)35-15-14-34-24/h2-11,16,31H,12-15,17H2,1H3/t27-/m0/s1. The van der Waals surface area contributed by atoms with Crippen LogP contribution in [0.15, 0.2) is 66.7 Å². The van der Waals surface area contributed by atoms with E-state index in [9.17, 15) is 14.7 Å². The number of hydrogen-bond donors (Lipinski definition) is 1. The second-order valence-electron chi connectivity index (χ2n) is 8.29. The number of methoxy groups -OCH3 is 1. The Hall–Kier alpha value is -4.04. The van der Waals surface area contributed by atoms with E-state index >= 15 is 0 Å². The van der Waals surface area contributed by atoms with Crippen LogP contribution in [0.3, 0.4) is 0 Å². The van der Waals surface area contributed by atoms with Crippen LogP contribution in [0.25, 0.3) is 0 Å². The van der Waals surface area contributed by atoms with Gasteiger partial charge < -0.3 is 29.0 Å². The van der Waals surface area contributed by atoms with E-state index in [1.807, 2.05) is 12.1 Å². The molecule has 180 valence electrons. The van der Waals surface area contributed by atoms with Crippen LogP contribution in [0.1, 0.15) is 22.3 Å². The van der Waals surface area contributed by atoms with E-state index in [1.54, 1.807) is 61.7 Å². The molecule has 2 aliphatic rings. The number of fused-ring (bicyclic) bond motifs is 2. The number of ether oxygens (including phenoxy) is 4. The summed E-state index contributed by atoms with van der Waals surface area (Å²) in [5.41, 5.74) is -0.691. The summed E-state index contributed by atoms with van der Waals surface area (Å²) in [6, 6.07) is 19.0. The van der Waals surface area contributed by atoms with Gasteiger partial charge >= 0.3 is 0 Å². The zero-order chi connectivity index (χ0) is 24.4. The number of Topliss-reactive ketones (excluding diaryl/α,β-unsaturated/α-hetero) is 1. The normalized spacial score (nSPS) is 18.2. The molecule has 2 aliphatic heterocycles. The van der Waals surface area contributed by atoms with E-state index in [0.29, 0.717) is 53.0 Å². The summed E-state index contributed by atoms with van der Waals surface area (Å²) in [7, 11) is 1.56. The van der Waals surface area contributed by atoms with Crippen LogP contribution in [0, 0.1) is 0 Å². The largest absolute Gasteiger partial charge is 0.493 e. The lowest BCUT2D eigenvalue weighted by Gasteiger charge is -2.23. The molecular weight excluding hydrogens is 450 g/mol. The predicted molar refractivity (Wildman–Crippen MR) is 128 cm³/mol. The van der Waals surface area contributed by atoms with Crippen LogP contribution in [-0.4, -0.2) is 50.3 Å². The minimum Gasteiger partial charge on any atom is -0.493 e. The number of ketones is 1. The summed E-state index contributed by atoms with van der Waals surface area (Å²) in [6.07, 6.45) is -0.396. The molecule has 0 bridgehead atoms. The maximum absolute atomic E-state index is 13.4. The lowest BCUT2D eigenvalue weighted by atomic mass is 9.88. The predicted octanol–water partition coefficient (Wildman–Crippen LogP) is 3.35. The van der Waals surface area contributed by atoms with Crippen molar-refractivity contribution >= 4 is 17.4 Å². The van der Waals surface area contributed by atoms with E-state index < -0.39 is 17.9 Å². The van der Waals surface area contributed by atoms with Gasteiger partial charge in [0.25, 0.3) is 5.91 Å². The molecule has 1 N–H and O–H groups in total. The van der Waals surface area contributed by atoms with Gasteiger partial charge in [0.2, 0.25) is 0 Å². The van der Waals surface area contributed by atoms with E-state index in [1.165, 1.54) is 4.90 Å². The summed E-state index contributed by atoms with van der Waals surface area (Å²) < 4.78 is 22.2. The van der Waals surface area contributed by atoms with E-state index in [2.05, 4.69) is 0 Å². The molecule has 0 unspecified atom stereocenters. The topological polar surface area (TPSA) is 94.5 Å². The molecule has 0 saturated carbocycles. The van der Waals surface area contributed by atoms with Crippen LogP contribution in [0.4, 0.5) is 5.69 Å². The van der Waals surface area contributed by atoms with E-state index in [-0.39, 0.29) is 18.9 Å². The fraction of sp³-hybridized carbons (Fsp3) is 0.259. The first-order valence-electron chi connectivity index (χ1n) is 11.3. The van der Waals surface area contributed by atoms with Gasteiger partial charge in [-0.05, 0) is 36.4 Å². The van der Waals surface area contributed by atoms with Crippen LogP contribution in [0.2, 0.25) is 0 Å². The number of rotatable bonds is 8. The monoisotopic (exact) mass is 475 g/mol. The van der Waals surface area contributed by atoms with Crippen LogP contribution in [-0.2, 0) is 10.4 Å². The lowest BCUT2D eigenvalue weighted by molar-refractivity contribution is -0.135. The summed E-state index contributed by atoms with van der Waals surface area (Å²) in [5.74, 6) is 1.24. The van der Waals surface area contributed by atoms with Crippen LogP contribution >= 0.6 is 0 Å². The molecule has 0 saturated heterocycles. The number of nitrogens with zero attached hydrogens (tertiary/aromatic N) is 1. The van der Waals surface area contributed by atoms with Crippen LogP contribution < -0.4 is 23.8 Å². The maximum Gasteiger partial charge on any atom is 0.264 e. The van der Waals surface area contributed by atoms with Gasteiger partial charge in [0, 0.05) is 11.1 Å². The number of aliphatic hydroxyl groups is 1. The molecule has 0 radical (unpaired) electrons. The van der Waals surface area contributed by atoms with Crippen molar-refractivity contribution in [1.29, 1.82) is 0 Å². The highest BCUT2D eigenvalue weighted by molar-refractivity contribution is 6.10. The Labute approximate surface area is 202 Å². The highest BCUT2D eigenvalue weighted by Gasteiger charge is 2.50. The molecule has 1 amide bonds. The number of amides is 1. The molecule has 8 nitrogen and oxygen atoms in total. The average Bonchev–Trinajstić information content (AvgIpc) is 3.10. The maximum atomic E-state index is 13.4. The molecule has 5 rings (SSSR count). The third-order valence-electron chi connectivity index (χ3n) is 6.16. The van der Waals surface area contributed by atoms with Crippen molar-refractivity contribution in [2.45, 2.75) is 12.0 Å². The van der Waals surface area contributed by atoms with E-state index in [4.69, 9.17) is 18.9 Å². The summed E-state index contributed by atoms with van der Waals surface area (Å²) in [4.78, 5) is 28.1. The van der Waals surface area contributed by atoms with Gasteiger partial charge in [0.1, 0.15) is 19.8 Å². The van der Waals surface area contributed by atoms with Crippen molar-refractivity contribution in [2.75, 3.05) is 38.4 Å². The van der Waals surface area contributed by atoms with Crippen LogP contribution in [0.5, 0.6) is 23.0 Å². The first-order valence-corrected chi connectivity index (χ1v) is 11.3. The van der Waals surface area contributed by atoms with Crippen molar-refractivity contribution in [2.24, 2.45) is 0 Å². The highest BCUT2D eigenvalue weighted by Crippen LogP contribution is 2.43. The fourth-order valence-electron chi connectivity index (χ4n) is 4.44. The van der Waals surface area contributed by atoms with Crippen molar-refractivity contribution in [3.8, 4) is 23.0 Å². The molecular formula is C27H25NO7. The molecule has 0 spiro atoms. The third kappa shape index (κ3) is 4.17. The Morgan fingerprint density at radius 2 is 1.71 bits per heavy atom. The van der Waals surface area contributed by atoms with Gasteiger partial charge in [0.15, 0.2) is 34.4 Å². The van der Waals surface area contributed by atoms with Gasteiger partial charge in [0.05, 0.1) is 25.8 Å². The summed E-state index contributed by atoms with van der Waals surface area (Å²) in [6.45, 7) is 1.20. The zero-order valence-electron chi connectivity index (χ0n) is 19.2. The molecule has 3 aromatic rings. The zero-order valence-corrected chi connectivity index (χ0v) is 19.2. The smallest absolute Gasteiger partial charge is 0.264 e. The Balaban J connectivity index is 1.35. The Morgan fingerprint density at radius 3 is 2.51 bits per heavy atom. The second-order valence-corrected chi connectivity index (χ2v) is 8.29. The van der Waals surface area contributed by atoms with Gasteiger partial charge in [-0.3, -0.25) is 9.59 Å². The first kappa shape index (κ1) is 22.7.